The summed E-state index contributed by atoms with van der Waals surface area (Å²) in [6.07, 6.45) is 3.21. The van der Waals surface area contributed by atoms with Crippen LogP contribution in [0.2, 0.25) is 36.3 Å². The summed E-state index contributed by atoms with van der Waals surface area (Å²) in [7, 11) is -2.48. The van der Waals surface area contributed by atoms with Gasteiger partial charge in [-0.05, 0) is 73.8 Å². The first kappa shape index (κ1) is 29.6. The largest absolute Gasteiger partial charge is 0.543 e. The van der Waals surface area contributed by atoms with Crippen molar-refractivity contribution in [2.24, 2.45) is 11.3 Å². The van der Waals surface area contributed by atoms with Crippen LogP contribution in [0.5, 0.6) is 17.2 Å². The van der Waals surface area contributed by atoms with E-state index < -0.39 is 16.6 Å². The lowest BCUT2D eigenvalue weighted by molar-refractivity contribution is 0.183. The number of ether oxygens (including phenoxy) is 1. The summed E-state index contributed by atoms with van der Waals surface area (Å²) < 4.78 is 20.5. The molecule has 0 radical (unpaired) electrons. The molecule has 2 aliphatic carbocycles. The standard InChI is InChI=1S/C30H54O4Si2/c1-15-16-30(18-31)21-17-19(2)22-23(24(21)30)25(33-35(11,12)28(4,5)6)20(3)26(32-10)27(22)34-36(13,14)29(7,8)9/h19,21,24,31H,15-18H2,1-14H3/t19-,21-,24-,30+/m1/s1. The first-order valence-corrected chi connectivity index (χ1v) is 19.9. The molecule has 0 spiro atoms. The van der Waals surface area contributed by atoms with E-state index in [9.17, 15) is 5.11 Å². The number of rotatable bonds is 8. The highest BCUT2D eigenvalue weighted by molar-refractivity contribution is 6.75. The van der Waals surface area contributed by atoms with Crippen molar-refractivity contribution in [2.45, 2.75) is 130 Å². The Morgan fingerprint density at radius 3 is 1.81 bits per heavy atom. The van der Waals surface area contributed by atoms with Gasteiger partial charge in [0.1, 0.15) is 5.75 Å². The van der Waals surface area contributed by atoms with Gasteiger partial charge >= 0.3 is 0 Å². The van der Waals surface area contributed by atoms with E-state index in [1.807, 2.05) is 0 Å². The first-order chi connectivity index (χ1) is 16.3. The van der Waals surface area contributed by atoms with Crippen LogP contribution in [-0.4, -0.2) is 35.5 Å². The number of hydrogen-bond acceptors (Lipinski definition) is 4. The van der Waals surface area contributed by atoms with Gasteiger partial charge < -0.3 is 18.7 Å². The number of fused-ring (bicyclic) bond motifs is 3. The van der Waals surface area contributed by atoms with Crippen LogP contribution < -0.4 is 13.6 Å². The maximum atomic E-state index is 10.7. The average Bonchev–Trinajstić information content (AvgIpc) is 3.35. The van der Waals surface area contributed by atoms with Gasteiger partial charge in [-0.15, -0.1) is 0 Å². The molecule has 1 saturated carbocycles. The summed E-state index contributed by atoms with van der Waals surface area (Å²) in [6, 6.07) is 0. The van der Waals surface area contributed by atoms with Gasteiger partial charge in [0, 0.05) is 28.7 Å². The topological polar surface area (TPSA) is 47.9 Å². The Labute approximate surface area is 223 Å². The zero-order chi connectivity index (χ0) is 27.6. The highest BCUT2D eigenvalue weighted by Crippen LogP contribution is 2.75. The van der Waals surface area contributed by atoms with E-state index in [-0.39, 0.29) is 22.1 Å². The van der Waals surface area contributed by atoms with E-state index in [0.717, 1.165) is 42.1 Å². The molecule has 206 valence electrons. The second kappa shape index (κ2) is 9.34. The fourth-order valence-electron chi connectivity index (χ4n) is 5.97. The van der Waals surface area contributed by atoms with Gasteiger partial charge in [0.25, 0.3) is 16.6 Å². The Morgan fingerprint density at radius 1 is 0.889 bits per heavy atom. The van der Waals surface area contributed by atoms with Crippen LogP contribution in [0.3, 0.4) is 0 Å². The van der Waals surface area contributed by atoms with Gasteiger partial charge in [0.2, 0.25) is 0 Å². The third-order valence-electron chi connectivity index (χ3n) is 10.3. The number of aliphatic hydroxyl groups is 1. The molecule has 0 bridgehead atoms. The molecule has 1 aromatic rings. The van der Waals surface area contributed by atoms with Crippen LogP contribution in [-0.2, 0) is 0 Å². The van der Waals surface area contributed by atoms with Crippen molar-refractivity contribution in [2.75, 3.05) is 13.7 Å². The third-order valence-corrected chi connectivity index (χ3v) is 18.9. The maximum Gasteiger partial charge on any atom is 0.250 e. The molecule has 36 heavy (non-hydrogen) atoms. The molecule has 0 unspecified atom stereocenters. The molecule has 0 aromatic heterocycles. The van der Waals surface area contributed by atoms with E-state index in [1.54, 1.807) is 7.11 Å². The Kier molecular flexibility index (Phi) is 7.67. The predicted octanol–water partition coefficient (Wildman–Crippen LogP) is 8.77. The number of hydrogen-bond donors (Lipinski definition) is 1. The van der Waals surface area contributed by atoms with E-state index in [4.69, 9.17) is 13.6 Å². The Balaban J connectivity index is 2.37. The van der Waals surface area contributed by atoms with E-state index >= 15 is 0 Å². The lowest BCUT2D eigenvalue weighted by Crippen LogP contribution is -2.45. The molecular weight excluding hydrogens is 480 g/mol. The molecule has 0 saturated heterocycles. The second-order valence-corrected chi connectivity index (χ2v) is 24.2. The Morgan fingerprint density at radius 2 is 1.39 bits per heavy atom. The van der Waals surface area contributed by atoms with E-state index in [2.05, 4.69) is 88.5 Å². The van der Waals surface area contributed by atoms with Crippen LogP contribution >= 0.6 is 0 Å². The fraction of sp³-hybridized carbons (Fsp3) is 0.800. The summed E-state index contributed by atoms with van der Waals surface area (Å²) in [4.78, 5) is 0. The molecule has 1 aromatic carbocycles. The molecule has 3 rings (SSSR count). The van der Waals surface area contributed by atoms with Crippen LogP contribution in [0.15, 0.2) is 0 Å². The fourth-order valence-corrected chi connectivity index (χ4v) is 8.07. The van der Waals surface area contributed by atoms with Gasteiger partial charge in [-0.1, -0.05) is 61.8 Å². The minimum Gasteiger partial charge on any atom is -0.543 e. The van der Waals surface area contributed by atoms with E-state index in [0.29, 0.717) is 17.8 Å². The van der Waals surface area contributed by atoms with Crippen molar-refractivity contribution >= 4 is 16.6 Å². The number of aliphatic hydroxyl groups excluding tert-OH is 1. The van der Waals surface area contributed by atoms with Crippen LogP contribution in [0.1, 0.15) is 103 Å². The van der Waals surface area contributed by atoms with Gasteiger partial charge in [-0.3, -0.25) is 0 Å². The van der Waals surface area contributed by atoms with Crippen LogP contribution in [0.25, 0.3) is 0 Å². The van der Waals surface area contributed by atoms with Crippen molar-refractivity contribution in [3.63, 3.8) is 0 Å². The average molecular weight is 535 g/mol. The lowest BCUT2D eigenvalue weighted by Gasteiger charge is -2.41. The second-order valence-electron chi connectivity index (χ2n) is 14.7. The molecule has 4 nitrogen and oxygen atoms in total. The molecule has 0 aliphatic heterocycles. The van der Waals surface area contributed by atoms with Crippen molar-refractivity contribution in [1.29, 1.82) is 0 Å². The molecule has 4 atom stereocenters. The zero-order valence-electron chi connectivity index (χ0n) is 25.7. The molecule has 0 heterocycles. The quantitative estimate of drug-likeness (QED) is 0.339. The summed E-state index contributed by atoms with van der Waals surface area (Å²) >= 11 is 0. The monoisotopic (exact) mass is 534 g/mol. The minimum absolute atomic E-state index is 0.0466. The molecule has 0 amide bonds. The van der Waals surface area contributed by atoms with Gasteiger partial charge in [-0.25, -0.2) is 0 Å². The summed E-state index contributed by atoms with van der Waals surface area (Å²) in [6.45, 7) is 30.0. The van der Waals surface area contributed by atoms with Gasteiger partial charge in [-0.2, -0.15) is 0 Å². The normalized spacial score (nSPS) is 26.2. The summed E-state index contributed by atoms with van der Waals surface area (Å²) in [5.41, 5.74) is 3.61. The van der Waals surface area contributed by atoms with Gasteiger partial charge in [0.15, 0.2) is 11.5 Å². The molecule has 1 N–H and O–H groups in total. The zero-order valence-corrected chi connectivity index (χ0v) is 27.7. The molecule has 6 heteroatoms. The van der Waals surface area contributed by atoms with Crippen molar-refractivity contribution < 1.29 is 18.7 Å². The van der Waals surface area contributed by atoms with Crippen molar-refractivity contribution in [3.05, 3.63) is 16.7 Å². The Hall–Kier alpha value is -0.986. The van der Waals surface area contributed by atoms with Crippen LogP contribution in [0, 0.1) is 18.3 Å². The molecular formula is C30H54O4Si2. The van der Waals surface area contributed by atoms with Crippen LogP contribution in [0.4, 0.5) is 0 Å². The summed E-state index contributed by atoms with van der Waals surface area (Å²) in [5, 5.41) is 10.9. The lowest BCUT2D eigenvalue weighted by atomic mass is 9.81. The van der Waals surface area contributed by atoms with Crippen molar-refractivity contribution in [3.8, 4) is 17.2 Å². The highest BCUT2D eigenvalue weighted by atomic mass is 28.4. The Bertz CT molecular complexity index is 986. The van der Waals surface area contributed by atoms with E-state index in [1.165, 1.54) is 11.1 Å². The highest BCUT2D eigenvalue weighted by Gasteiger charge is 2.67. The molecule has 2 aliphatic rings. The maximum absolute atomic E-state index is 10.7. The predicted molar refractivity (Wildman–Crippen MR) is 157 cm³/mol. The SMILES string of the molecule is CCC[C@]1(CO)[C@@H]2C[C@@H](C)c3c(O[Si](C)(C)C(C)(C)C)c(OC)c(C)c(O[Si](C)(C)C(C)(C)C)c3[C@@H]21. The first-order valence-electron chi connectivity index (χ1n) is 14.0. The van der Waals surface area contributed by atoms with Gasteiger partial charge in [0.05, 0.1) is 7.11 Å². The minimum atomic E-state index is -2.13. The smallest absolute Gasteiger partial charge is 0.250 e. The summed E-state index contributed by atoms with van der Waals surface area (Å²) in [5.74, 6) is 3.94. The number of methoxy groups -OCH3 is 1. The third kappa shape index (κ3) is 4.57. The number of benzene rings is 1. The van der Waals surface area contributed by atoms with Crippen molar-refractivity contribution in [1.82, 2.24) is 0 Å². The molecule has 1 fully saturated rings.